The Bertz CT molecular complexity index is 906. The van der Waals surface area contributed by atoms with Gasteiger partial charge in [-0.2, -0.15) is 0 Å². The number of carbonyl (C=O) groups excluding carboxylic acids is 3. The fraction of sp³-hybridized carbons (Fsp3) is 0.885. The van der Waals surface area contributed by atoms with Gasteiger partial charge in [0.15, 0.2) is 12.2 Å². The van der Waals surface area contributed by atoms with Crippen LogP contribution in [0.1, 0.15) is 86.0 Å². The Morgan fingerprint density at radius 3 is 2.31 bits per heavy atom. The van der Waals surface area contributed by atoms with Gasteiger partial charge >= 0.3 is 11.9 Å². The molecule has 0 N–H and O–H groups in total. The largest absolute Gasteiger partial charge is 0.463 e. The van der Waals surface area contributed by atoms with Crippen molar-refractivity contribution in [3.8, 4) is 0 Å². The van der Waals surface area contributed by atoms with Crippen molar-refractivity contribution >= 4 is 17.7 Å². The van der Waals surface area contributed by atoms with Gasteiger partial charge in [0.2, 0.25) is 5.78 Å². The molecule has 3 unspecified atom stereocenters. The third-order valence-corrected chi connectivity index (χ3v) is 10.5. The quantitative estimate of drug-likeness (QED) is 0.305. The summed E-state index contributed by atoms with van der Waals surface area (Å²) in [6.45, 7) is 8.41. The summed E-state index contributed by atoms with van der Waals surface area (Å²) in [5.74, 6) is -0.294. The predicted octanol–water partition coefficient (Wildman–Crippen LogP) is 4.29. The number of ketones is 1. The minimum atomic E-state index is -1.62. The van der Waals surface area contributed by atoms with Crippen molar-refractivity contribution in [3.63, 3.8) is 0 Å². The summed E-state index contributed by atoms with van der Waals surface area (Å²) in [4.78, 5) is 53.5. The van der Waals surface area contributed by atoms with Gasteiger partial charge in [-0.25, -0.2) is 0 Å². The third kappa shape index (κ3) is 4.02. The smallest absolute Gasteiger partial charge is 0.303 e. The highest BCUT2D eigenvalue weighted by Crippen LogP contribution is 2.70. The zero-order valence-corrected chi connectivity index (χ0v) is 21.5. The maximum absolute atomic E-state index is 13.5. The van der Waals surface area contributed by atoms with Gasteiger partial charge in [-0.1, -0.05) is 20.8 Å². The van der Waals surface area contributed by atoms with E-state index in [9.17, 15) is 24.5 Å². The Labute approximate surface area is 206 Å². The summed E-state index contributed by atoms with van der Waals surface area (Å²) in [5, 5.41) is 10.8. The summed E-state index contributed by atoms with van der Waals surface area (Å²) >= 11 is 0. The lowest BCUT2D eigenvalue weighted by molar-refractivity contribution is -0.782. The summed E-state index contributed by atoms with van der Waals surface area (Å²) in [5.41, 5.74) is -2.20. The molecule has 4 aliphatic carbocycles. The lowest BCUT2D eigenvalue weighted by Gasteiger charge is -2.61. The minimum absolute atomic E-state index is 0.0116. The molecule has 0 radical (unpaired) electrons. The topological polar surface area (TPSA) is 122 Å². The average molecular weight is 494 g/mol. The number of fused-ring (bicyclic) bond motifs is 5. The van der Waals surface area contributed by atoms with Crippen molar-refractivity contribution in [2.45, 2.75) is 97.7 Å². The maximum atomic E-state index is 13.5. The molecule has 0 aromatic heterocycles. The first-order valence-corrected chi connectivity index (χ1v) is 13.0. The van der Waals surface area contributed by atoms with Gasteiger partial charge in [-0.05, 0) is 86.4 Å². The van der Waals surface area contributed by atoms with Crippen LogP contribution in [0.25, 0.3) is 0 Å². The van der Waals surface area contributed by atoms with Gasteiger partial charge < -0.3 is 9.47 Å². The van der Waals surface area contributed by atoms with Crippen molar-refractivity contribution in [3.05, 3.63) is 10.1 Å². The number of nitrogens with zero attached hydrogens (tertiary/aromatic N) is 1. The molecule has 0 amide bonds. The SMILES string of the molecule is CC(=O)OCC(=O)[C@@]1(O[N+](=O)[O-])C(C)C[C@H]2[C@@H]3CCC4CC(OC(C)=O)CC[C@]4(C)[C@H]3CC[C@@]21C. The predicted molar refractivity (Wildman–Crippen MR) is 124 cm³/mol. The van der Waals surface area contributed by atoms with Crippen molar-refractivity contribution in [1.82, 2.24) is 0 Å². The zero-order valence-electron chi connectivity index (χ0n) is 21.5. The van der Waals surface area contributed by atoms with Crippen LogP contribution in [0, 0.1) is 50.5 Å². The molecule has 9 nitrogen and oxygen atoms in total. The number of carbonyl (C=O) groups is 3. The Kier molecular flexibility index (Phi) is 6.68. The number of rotatable bonds is 6. The third-order valence-electron chi connectivity index (χ3n) is 10.5. The summed E-state index contributed by atoms with van der Waals surface area (Å²) < 4.78 is 10.6. The fourth-order valence-corrected chi connectivity index (χ4v) is 9.12. The molecule has 0 saturated heterocycles. The van der Waals surface area contributed by atoms with Gasteiger partial charge in [0, 0.05) is 19.3 Å². The van der Waals surface area contributed by atoms with Gasteiger partial charge in [-0.15, -0.1) is 10.1 Å². The minimum Gasteiger partial charge on any atom is -0.463 e. The van der Waals surface area contributed by atoms with Crippen LogP contribution in [0.2, 0.25) is 0 Å². The van der Waals surface area contributed by atoms with Crippen LogP contribution in [0.4, 0.5) is 0 Å². The van der Waals surface area contributed by atoms with Crippen LogP contribution in [0.15, 0.2) is 0 Å². The molecule has 4 rings (SSSR count). The first-order chi connectivity index (χ1) is 16.3. The molecule has 0 spiro atoms. The van der Waals surface area contributed by atoms with Gasteiger partial charge in [-0.3, -0.25) is 19.2 Å². The molecule has 0 bridgehead atoms. The number of ether oxygens (including phenoxy) is 2. The second-order valence-corrected chi connectivity index (χ2v) is 12.0. The van der Waals surface area contributed by atoms with E-state index in [-0.39, 0.29) is 29.3 Å². The summed E-state index contributed by atoms with van der Waals surface area (Å²) in [6.07, 6.45) is 6.97. The molecule has 4 aliphatic rings. The number of Topliss-reactive ketones (excluding diaryl/α,β-unsaturated/α-hetero) is 1. The summed E-state index contributed by atoms with van der Waals surface area (Å²) in [6, 6.07) is 0. The van der Waals surface area contributed by atoms with E-state index in [0.29, 0.717) is 30.6 Å². The van der Waals surface area contributed by atoms with Crippen molar-refractivity contribution in [2.75, 3.05) is 6.61 Å². The first-order valence-electron chi connectivity index (χ1n) is 13.0. The van der Waals surface area contributed by atoms with Crippen molar-refractivity contribution in [2.24, 2.45) is 40.4 Å². The molecule has 0 aromatic rings. The monoisotopic (exact) mass is 493 g/mol. The van der Waals surface area contributed by atoms with Gasteiger partial charge in [0.1, 0.15) is 6.10 Å². The Balaban J connectivity index is 1.62. The highest BCUT2D eigenvalue weighted by atomic mass is 17.0. The first kappa shape index (κ1) is 25.9. The van der Waals surface area contributed by atoms with E-state index < -0.39 is 34.5 Å². The van der Waals surface area contributed by atoms with E-state index in [4.69, 9.17) is 14.3 Å². The standard InChI is InChI=1S/C26H39NO8/c1-15-12-22-20-7-6-18-13-19(34-17(3)29)8-10-24(18,4)21(20)9-11-25(22,5)26(15,35-27(31)32)23(30)14-33-16(2)28/h15,18-22H,6-14H2,1-5H3/t15?,18?,19?,20-,21+,22+,24+,25+,26+/m1/s1. The second-order valence-electron chi connectivity index (χ2n) is 12.0. The molecule has 196 valence electrons. The van der Waals surface area contributed by atoms with Crippen molar-refractivity contribution < 1.29 is 33.8 Å². The van der Waals surface area contributed by atoms with E-state index in [1.165, 1.54) is 13.8 Å². The Morgan fingerprint density at radius 2 is 1.69 bits per heavy atom. The molecule has 9 atom stereocenters. The highest BCUT2D eigenvalue weighted by molar-refractivity contribution is 5.91. The number of hydrogen-bond acceptors (Lipinski definition) is 8. The zero-order chi connectivity index (χ0) is 25.8. The molecule has 4 fully saturated rings. The Morgan fingerprint density at radius 1 is 0.971 bits per heavy atom. The molecule has 35 heavy (non-hydrogen) atoms. The van der Waals surface area contributed by atoms with Crippen LogP contribution >= 0.6 is 0 Å². The van der Waals surface area contributed by atoms with E-state index in [1.807, 2.05) is 13.8 Å². The lowest BCUT2D eigenvalue weighted by Crippen LogP contribution is -2.62. The molecule has 9 heteroatoms. The van der Waals surface area contributed by atoms with Crippen LogP contribution in [-0.4, -0.2) is 41.1 Å². The van der Waals surface area contributed by atoms with E-state index in [0.717, 1.165) is 38.5 Å². The molecule has 0 heterocycles. The number of hydrogen-bond donors (Lipinski definition) is 0. The maximum Gasteiger partial charge on any atom is 0.303 e. The molecule has 0 aromatic carbocycles. The Hall–Kier alpha value is -2.19. The van der Waals surface area contributed by atoms with Gasteiger partial charge in [0.25, 0.3) is 5.09 Å². The lowest BCUT2D eigenvalue weighted by atomic mass is 9.44. The number of esters is 2. The molecular formula is C26H39NO8. The van der Waals surface area contributed by atoms with Crippen LogP contribution in [0.3, 0.4) is 0 Å². The van der Waals surface area contributed by atoms with Crippen LogP contribution < -0.4 is 0 Å². The van der Waals surface area contributed by atoms with Crippen molar-refractivity contribution in [1.29, 1.82) is 0 Å². The van der Waals surface area contributed by atoms with E-state index in [2.05, 4.69) is 6.92 Å². The summed E-state index contributed by atoms with van der Waals surface area (Å²) in [7, 11) is 0. The molecule has 0 aliphatic heterocycles. The normalized spacial score (nSPS) is 44.3. The highest BCUT2D eigenvalue weighted by Gasteiger charge is 2.71. The van der Waals surface area contributed by atoms with Crippen LogP contribution in [0.5, 0.6) is 0 Å². The fourth-order valence-electron chi connectivity index (χ4n) is 9.12. The van der Waals surface area contributed by atoms with Crippen LogP contribution in [-0.2, 0) is 28.7 Å². The second kappa shape index (κ2) is 9.04. The van der Waals surface area contributed by atoms with E-state index in [1.54, 1.807) is 0 Å². The molecular weight excluding hydrogens is 454 g/mol. The van der Waals surface area contributed by atoms with Gasteiger partial charge in [0.05, 0.1) is 0 Å². The molecule has 4 saturated carbocycles. The van der Waals surface area contributed by atoms with E-state index >= 15 is 0 Å². The average Bonchev–Trinajstić information content (AvgIpc) is 2.99.